The van der Waals surface area contributed by atoms with Crippen LogP contribution in [0.3, 0.4) is 0 Å². The zero-order valence-corrected chi connectivity index (χ0v) is 16.2. The average molecular weight is 381 g/mol. The van der Waals surface area contributed by atoms with Crippen LogP contribution in [0, 0.1) is 6.92 Å². The van der Waals surface area contributed by atoms with Crippen molar-refractivity contribution in [2.75, 3.05) is 46.0 Å². The lowest BCUT2D eigenvalue weighted by Crippen LogP contribution is -2.58. The molecular weight excluding hydrogens is 356 g/mol. The van der Waals surface area contributed by atoms with Crippen LogP contribution in [0.1, 0.15) is 15.7 Å². The fourth-order valence-corrected chi connectivity index (χ4v) is 4.85. The van der Waals surface area contributed by atoms with E-state index in [4.69, 9.17) is 9.47 Å². The molecule has 0 saturated carbocycles. The van der Waals surface area contributed by atoms with E-state index in [9.17, 15) is 0 Å². The Morgan fingerprint density at radius 1 is 1.16 bits per heavy atom. The highest BCUT2D eigenvalue weighted by Crippen LogP contribution is 2.25. The maximum Gasteiger partial charge on any atom is 0.117 e. The van der Waals surface area contributed by atoms with E-state index >= 15 is 0 Å². The Hall–Kier alpha value is -0.900. The Bertz CT molecular complexity index is 678. The third kappa shape index (κ3) is 4.45. The number of morpholine rings is 1. The van der Waals surface area contributed by atoms with E-state index in [-0.39, 0.29) is 5.60 Å². The molecule has 2 saturated heterocycles. The molecule has 136 valence electrons. The van der Waals surface area contributed by atoms with E-state index in [1.807, 2.05) is 11.6 Å². The molecule has 2 aromatic rings. The van der Waals surface area contributed by atoms with Crippen LogP contribution >= 0.6 is 22.7 Å². The molecule has 2 aromatic heterocycles. The number of nitrogens with zero attached hydrogens (tertiary/aromatic N) is 4. The van der Waals surface area contributed by atoms with Gasteiger partial charge in [0.2, 0.25) is 0 Å². The topological polar surface area (TPSA) is 50.7 Å². The van der Waals surface area contributed by atoms with E-state index in [1.54, 1.807) is 22.7 Å². The Kier molecular flexibility index (Phi) is 5.44. The van der Waals surface area contributed by atoms with Gasteiger partial charge in [0.15, 0.2) is 0 Å². The van der Waals surface area contributed by atoms with Gasteiger partial charge in [-0.05, 0) is 6.92 Å². The van der Waals surface area contributed by atoms with Gasteiger partial charge in [-0.15, -0.1) is 22.7 Å². The monoisotopic (exact) mass is 380 g/mol. The molecule has 2 fully saturated rings. The van der Waals surface area contributed by atoms with Crippen molar-refractivity contribution in [3.63, 3.8) is 0 Å². The third-order valence-corrected chi connectivity index (χ3v) is 6.24. The largest absolute Gasteiger partial charge is 0.377 e. The van der Waals surface area contributed by atoms with Gasteiger partial charge in [-0.3, -0.25) is 9.80 Å². The van der Waals surface area contributed by atoms with Gasteiger partial charge in [0.1, 0.15) is 10.6 Å². The summed E-state index contributed by atoms with van der Waals surface area (Å²) in [5.41, 5.74) is 0.895. The minimum absolute atomic E-state index is 0.253. The predicted octanol–water partition coefficient (Wildman–Crippen LogP) is 2.01. The van der Waals surface area contributed by atoms with Crippen LogP contribution in [0.2, 0.25) is 0 Å². The molecule has 2 aliphatic rings. The molecule has 4 heterocycles. The smallest absolute Gasteiger partial charge is 0.117 e. The maximum absolute atomic E-state index is 6.27. The Morgan fingerprint density at radius 2 is 2.00 bits per heavy atom. The summed E-state index contributed by atoms with van der Waals surface area (Å²) in [6.45, 7) is 9.63. The lowest BCUT2D eigenvalue weighted by atomic mass is 10.0. The number of rotatable bonds is 4. The minimum Gasteiger partial charge on any atom is -0.377 e. The van der Waals surface area contributed by atoms with Crippen molar-refractivity contribution in [1.82, 2.24) is 19.8 Å². The van der Waals surface area contributed by atoms with E-state index in [0.29, 0.717) is 6.61 Å². The normalized spacial score (nSPS) is 26.1. The van der Waals surface area contributed by atoms with Crippen molar-refractivity contribution in [3.05, 3.63) is 32.7 Å². The lowest BCUT2D eigenvalue weighted by molar-refractivity contribution is -0.143. The maximum atomic E-state index is 6.27. The van der Waals surface area contributed by atoms with Crippen molar-refractivity contribution in [3.8, 4) is 0 Å². The highest BCUT2D eigenvalue weighted by molar-refractivity contribution is 7.09. The van der Waals surface area contributed by atoms with Crippen LogP contribution in [-0.4, -0.2) is 71.4 Å². The molecule has 0 aliphatic carbocycles. The molecule has 25 heavy (non-hydrogen) atoms. The second-order valence-corrected chi connectivity index (χ2v) is 8.83. The first-order chi connectivity index (χ1) is 12.2. The molecule has 2 aliphatic heterocycles. The molecule has 8 heteroatoms. The van der Waals surface area contributed by atoms with Crippen molar-refractivity contribution in [2.24, 2.45) is 0 Å². The fourth-order valence-electron chi connectivity index (χ4n) is 3.59. The van der Waals surface area contributed by atoms with Crippen LogP contribution in [0.15, 0.2) is 17.0 Å². The number of hydrogen-bond acceptors (Lipinski definition) is 8. The molecule has 0 bridgehead atoms. The van der Waals surface area contributed by atoms with Gasteiger partial charge in [-0.1, -0.05) is 0 Å². The van der Waals surface area contributed by atoms with Crippen LogP contribution in [0.25, 0.3) is 0 Å². The molecule has 1 atom stereocenters. The number of ether oxygens (including phenoxy) is 2. The predicted molar refractivity (Wildman–Crippen MR) is 99.0 cm³/mol. The second-order valence-electron chi connectivity index (χ2n) is 6.79. The summed E-state index contributed by atoms with van der Waals surface area (Å²) in [6, 6.07) is 0. The Balaban J connectivity index is 1.43. The van der Waals surface area contributed by atoms with Crippen LogP contribution in [-0.2, 0) is 22.6 Å². The Labute approximate surface area is 156 Å². The second kappa shape index (κ2) is 7.77. The number of thiazole rings is 2. The highest BCUT2D eigenvalue weighted by atomic mass is 32.1. The van der Waals surface area contributed by atoms with E-state index < -0.39 is 0 Å². The number of aryl methyl sites for hydroxylation is 1. The summed E-state index contributed by atoms with van der Waals surface area (Å²) < 4.78 is 12.2. The SMILES string of the molecule is Cc1nc(CN2CCOC[C@@]3(C2)CN(Cc2nccs2)CCO3)cs1. The van der Waals surface area contributed by atoms with E-state index in [1.165, 1.54) is 5.01 Å². The van der Waals surface area contributed by atoms with Crippen molar-refractivity contribution in [1.29, 1.82) is 0 Å². The van der Waals surface area contributed by atoms with Gasteiger partial charge < -0.3 is 9.47 Å². The molecule has 6 nitrogen and oxygen atoms in total. The van der Waals surface area contributed by atoms with Gasteiger partial charge in [-0.2, -0.15) is 0 Å². The van der Waals surface area contributed by atoms with E-state index in [2.05, 4.69) is 32.1 Å². The molecule has 0 aromatic carbocycles. The average Bonchev–Trinajstić information content (AvgIpc) is 3.19. The fraction of sp³-hybridized carbons (Fsp3) is 0.647. The molecule has 0 unspecified atom stereocenters. The summed E-state index contributed by atoms with van der Waals surface area (Å²) in [5.74, 6) is 0. The quantitative estimate of drug-likeness (QED) is 0.809. The van der Waals surface area contributed by atoms with Gasteiger partial charge in [0.25, 0.3) is 0 Å². The summed E-state index contributed by atoms with van der Waals surface area (Å²) in [7, 11) is 0. The van der Waals surface area contributed by atoms with Crippen molar-refractivity contribution < 1.29 is 9.47 Å². The summed E-state index contributed by atoms with van der Waals surface area (Å²) in [6.07, 6.45) is 1.88. The summed E-state index contributed by atoms with van der Waals surface area (Å²) in [5, 5.41) is 6.49. The summed E-state index contributed by atoms with van der Waals surface area (Å²) >= 11 is 3.43. The first-order valence-electron chi connectivity index (χ1n) is 8.67. The molecule has 0 radical (unpaired) electrons. The van der Waals surface area contributed by atoms with Crippen molar-refractivity contribution >= 4 is 22.7 Å². The molecular formula is C17H24N4O2S2. The first kappa shape index (κ1) is 17.5. The van der Waals surface area contributed by atoms with Crippen molar-refractivity contribution in [2.45, 2.75) is 25.6 Å². The van der Waals surface area contributed by atoms with Crippen LogP contribution in [0.4, 0.5) is 0 Å². The van der Waals surface area contributed by atoms with Crippen LogP contribution < -0.4 is 0 Å². The molecule has 4 rings (SSSR count). The summed E-state index contributed by atoms with van der Waals surface area (Å²) in [4.78, 5) is 13.9. The number of aromatic nitrogens is 2. The Morgan fingerprint density at radius 3 is 2.76 bits per heavy atom. The zero-order chi connectivity index (χ0) is 17.1. The van der Waals surface area contributed by atoms with Gasteiger partial charge in [0.05, 0.1) is 37.1 Å². The minimum atomic E-state index is -0.253. The lowest BCUT2D eigenvalue weighted by Gasteiger charge is -2.43. The third-order valence-electron chi connectivity index (χ3n) is 4.65. The van der Waals surface area contributed by atoms with Gasteiger partial charge >= 0.3 is 0 Å². The van der Waals surface area contributed by atoms with E-state index in [0.717, 1.165) is 63.2 Å². The molecule has 0 N–H and O–H groups in total. The molecule has 0 amide bonds. The highest BCUT2D eigenvalue weighted by Gasteiger charge is 2.40. The standard InChI is InChI=1S/C17H24N4O2S2/c1-14-19-15(10-25-14)8-20-3-5-22-13-17(11-20)12-21(4-6-23-17)9-16-18-2-7-24-16/h2,7,10H,3-6,8-9,11-13H2,1H3/t17-/m1/s1. The zero-order valence-electron chi connectivity index (χ0n) is 14.5. The van der Waals surface area contributed by atoms with Gasteiger partial charge in [0, 0.05) is 49.7 Å². The van der Waals surface area contributed by atoms with Gasteiger partial charge in [-0.25, -0.2) is 9.97 Å². The first-order valence-corrected chi connectivity index (χ1v) is 10.4. The van der Waals surface area contributed by atoms with Crippen LogP contribution in [0.5, 0.6) is 0 Å². The molecule has 1 spiro atoms. The number of hydrogen-bond donors (Lipinski definition) is 0.